The fourth-order valence-corrected chi connectivity index (χ4v) is 2.34. The van der Waals surface area contributed by atoms with Gasteiger partial charge in [0.25, 0.3) is 0 Å². The van der Waals surface area contributed by atoms with Crippen LogP contribution >= 0.6 is 0 Å². The van der Waals surface area contributed by atoms with Gasteiger partial charge in [0.05, 0.1) is 11.2 Å². The number of hydrogen-bond acceptors (Lipinski definition) is 4. The zero-order valence-electron chi connectivity index (χ0n) is 11.7. The van der Waals surface area contributed by atoms with Crippen LogP contribution in [-0.4, -0.2) is 21.0 Å². The predicted octanol–water partition coefficient (Wildman–Crippen LogP) is 2.94. The highest BCUT2D eigenvalue weighted by Crippen LogP contribution is 2.20. The van der Waals surface area contributed by atoms with Crippen molar-refractivity contribution in [2.75, 3.05) is 0 Å². The number of para-hydroxylation sites is 1. The van der Waals surface area contributed by atoms with Crippen LogP contribution in [0, 0.1) is 0 Å². The Kier molecular flexibility index (Phi) is 3.09. The lowest BCUT2D eigenvalue weighted by atomic mass is 10.2. The fourth-order valence-electron chi connectivity index (χ4n) is 2.34. The summed E-state index contributed by atoms with van der Waals surface area (Å²) in [6.45, 7) is 0.799. The number of pyridine rings is 1. The average molecular weight is 276 g/mol. The molecular weight excluding hydrogens is 260 g/mol. The van der Waals surface area contributed by atoms with Gasteiger partial charge in [-0.3, -0.25) is 0 Å². The molecule has 1 N–H and O–H groups in total. The van der Waals surface area contributed by atoms with Crippen molar-refractivity contribution >= 4 is 10.9 Å². The monoisotopic (exact) mass is 276 g/mol. The molecule has 0 saturated heterocycles. The number of nitrogens with one attached hydrogen (secondary N) is 1. The highest BCUT2D eigenvalue weighted by atomic mass is 15.0. The Morgan fingerprint density at radius 2 is 1.90 bits per heavy atom. The van der Waals surface area contributed by atoms with Crippen molar-refractivity contribution in [2.24, 2.45) is 0 Å². The molecule has 0 amide bonds. The van der Waals surface area contributed by atoms with Gasteiger partial charge in [-0.25, -0.2) is 15.0 Å². The van der Waals surface area contributed by atoms with Crippen LogP contribution in [0.5, 0.6) is 0 Å². The molecule has 0 radical (unpaired) electrons. The Morgan fingerprint density at radius 1 is 1.00 bits per heavy atom. The van der Waals surface area contributed by atoms with Crippen LogP contribution in [-0.2, 0) is 6.54 Å². The molecular formula is C17H16N4. The molecule has 2 aromatic heterocycles. The van der Waals surface area contributed by atoms with Crippen molar-refractivity contribution < 1.29 is 0 Å². The van der Waals surface area contributed by atoms with Crippen LogP contribution in [0.2, 0.25) is 0 Å². The van der Waals surface area contributed by atoms with Crippen molar-refractivity contribution in [2.45, 2.75) is 25.4 Å². The Morgan fingerprint density at radius 3 is 2.81 bits per heavy atom. The smallest absolute Gasteiger partial charge is 0.178 e. The SMILES string of the molecule is c1ccc2nc(-c3nccc(CNC4CC4)n3)ccc2c1. The molecule has 0 spiro atoms. The molecule has 0 unspecified atom stereocenters. The number of fused-ring (bicyclic) bond motifs is 1. The molecule has 1 aliphatic carbocycles. The molecule has 4 heteroatoms. The summed E-state index contributed by atoms with van der Waals surface area (Å²) in [4.78, 5) is 13.6. The molecule has 1 fully saturated rings. The first-order chi connectivity index (χ1) is 10.4. The second kappa shape index (κ2) is 5.22. The summed E-state index contributed by atoms with van der Waals surface area (Å²) in [5, 5.41) is 4.60. The summed E-state index contributed by atoms with van der Waals surface area (Å²) in [5.74, 6) is 0.691. The lowest BCUT2D eigenvalue weighted by molar-refractivity contribution is 0.673. The largest absolute Gasteiger partial charge is 0.308 e. The number of benzene rings is 1. The van der Waals surface area contributed by atoms with E-state index in [0.29, 0.717) is 11.9 Å². The summed E-state index contributed by atoms with van der Waals surface area (Å²) in [7, 11) is 0. The van der Waals surface area contributed by atoms with E-state index in [9.17, 15) is 0 Å². The highest BCUT2D eigenvalue weighted by molar-refractivity contribution is 5.80. The summed E-state index contributed by atoms with van der Waals surface area (Å²) < 4.78 is 0. The van der Waals surface area contributed by atoms with Crippen LogP contribution in [0.3, 0.4) is 0 Å². The molecule has 4 rings (SSSR count). The van der Waals surface area contributed by atoms with Gasteiger partial charge < -0.3 is 5.32 Å². The minimum absolute atomic E-state index is 0.683. The van der Waals surface area contributed by atoms with E-state index in [4.69, 9.17) is 0 Å². The molecule has 1 aromatic carbocycles. The number of hydrogen-bond donors (Lipinski definition) is 1. The normalized spacial score (nSPS) is 14.5. The first-order valence-electron chi connectivity index (χ1n) is 7.30. The molecule has 1 saturated carbocycles. The van der Waals surface area contributed by atoms with E-state index < -0.39 is 0 Å². The molecule has 4 nitrogen and oxygen atoms in total. The molecule has 1 aliphatic rings. The van der Waals surface area contributed by atoms with Gasteiger partial charge in [0.15, 0.2) is 5.82 Å². The Balaban J connectivity index is 1.65. The van der Waals surface area contributed by atoms with Gasteiger partial charge in [-0.15, -0.1) is 0 Å². The predicted molar refractivity (Wildman–Crippen MR) is 82.6 cm³/mol. The van der Waals surface area contributed by atoms with Crippen LogP contribution in [0.1, 0.15) is 18.5 Å². The van der Waals surface area contributed by atoms with Crippen LogP contribution < -0.4 is 5.32 Å². The van der Waals surface area contributed by atoms with Gasteiger partial charge in [0.2, 0.25) is 0 Å². The van der Waals surface area contributed by atoms with Gasteiger partial charge in [-0.2, -0.15) is 0 Å². The van der Waals surface area contributed by atoms with E-state index >= 15 is 0 Å². The third kappa shape index (κ3) is 2.76. The first kappa shape index (κ1) is 12.4. The minimum atomic E-state index is 0.683. The standard InChI is InChI=1S/C17H16N4/c1-2-4-15-12(3-1)5-8-16(21-15)17-18-10-9-14(20-17)11-19-13-6-7-13/h1-5,8-10,13,19H,6-7,11H2. The molecule has 2 heterocycles. The summed E-state index contributed by atoms with van der Waals surface area (Å²) >= 11 is 0. The fraction of sp³-hybridized carbons (Fsp3) is 0.235. The first-order valence-corrected chi connectivity index (χ1v) is 7.30. The second-order valence-corrected chi connectivity index (χ2v) is 5.42. The maximum Gasteiger partial charge on any atom is 0.178 e. The summed E-state index contributed by atoms with van der Waals surface area (Å²) in [6, 6.07) is 14.8. The van der Waals surface area contributed by atoms with E-state index in [1.165, 1.54) is 12.8 Å². The average Bonchev–Trinajstić information content (AvgIpc) is 3.37. The number of aromatic nitrogens is 3. The van der Waals surface area contributed by atoms with E-state index in [-0.39, 0.29) is 0 Å². The van der Waals surface area contributed by atoms with E-state index in [0.717, 1.165) is 28.8 Å². The van der Waals surface area contributed by atoms with Crippen molar-refractivity contribution in [1.29, 1.82) is 0 Å². The van der Waals surface area contributed by atoms with E-state index in [1.807, 2.05) is 36.5 Å². The highest BCUT2D eigenvalue weighted by Gasteiger charge is 2.20. The maximum atomic E-state index is 4.65. The van der Waals surface area contributed by atoms with Crippen molar-refractivity contribution in [3.63, 3.8) is 0 Å². The van der Waals surface area contributed by atoms with Gasteiger partial charge >= 0.3 is 0 Å². The van der Waals surface area contributed by atoms with Crippen molar-refractivity contribution in [3.05, 3.63) is 54.4 Å². The number of nitrogens with zero attached hydrogens (tertiary/aromatic N) is 3. The molecule has 104 valence electrons. The Hall–Kier alpha value is -2.33. The number of rotatable bonds is 4. The molecule has 0 bridgehead atoms. The molecule has 0 aliphatic heterocycles. The topological polar surface area (TPSA) is 50.7 Å². The summed E-state index contributed by atoms with van der Waals surface area (Å²) in [5.41, 5.74) is 2.81. The Labute approximate surface area is 123 Å². The maximum absolute atomic E-state index is 4.65. The third-order valence-corrected chi connectivity index (χ3v) is 3.69. The van der Waals surface area contributed by atoms with Crippen molar-refractivity contribution in [3.8, 4) is 11.5 Å². The van der Waals surface area contributed by atoms with Gasteiger partial charge in [0.1, 0.15) is 5.69 Å². The summed E-state index contributed by atoms with van der Waals surface area (Å²) in [6.07, 6.45) is 4.37. The lowest BCUT2D eigenvalue weighted by Crippen LogP contribution is -2.16. The van der Waals surface area contributed by atoms with Gasteiger partial charge in [0, 0.05) is 24.2 Å². The molecule has 21 heavy (non-hydrogen) atoms. The quantitative estimate of drug-likeness (QED) is 0.796. The van der Waals surface area contributed by atoms with Crippen LogP contribution in [0.4, 0.5) is 0 Å². The van der Waals surface area contributed by atoms with E-state index in [1.54, 1.807) is 0 Å². The van der Waals surface area contributed by atoms with Crippen LogP contribution in [0.25, 0.3) is 22.4 Å². The zero-order valence-corrected chi connectivity index (χ0v) is 11.7. The van der Waals surface area contributed by atoms with E-state index in [2.05, 4.69) is 32.4 Å². The Bertz CT molecular complexity index is 780. The van der Waals surface area contributed by atoms with Gasteiger partial charge in [-0.05, 0) is 31.0 Å². The van der Waals surface area contributed by atoms with Gasteiger partial charge in [-0.1, -0.05) is 24.3 Å². The minimum Gasteiger partial charge on any atom is -0.308 e. The van der Waals surface area contributed by atoms with Crippen LogP contribution in [0.15, 0.2) is 48.7 Å². The molecule has 0 atom stereocenters. The zero-order chi connectivity index (χ0) is 14.1. The third-order valence-electron chi connectivity index (χ3n) is 3.69. The van der Waals surface area contributed by atoms with Crippen molar-refractivity contribution in [1.82, 2.24) is 20.3 Å². The second-order valence-electron chi connectivity index (χ2n) is 5.42. The molecule has 3 aromatic rings. The lowest BCUT2D eigenvalue weighted by Gasteiger charge is -2.05.